The smallest absolute Gasteiger partial charge is 0.313 e. The number of benzene rings is 2. The lowest BCUT2D eigenvalue weighted by Gasteiger charge is -2.24. The second-order valence-corrected chi connectivity index (χ2v) is 9.24. The molecular weight excluding hydrogens is 376 g/mol. The van der Waals surface area contributed by atoms with Gasteiger partial charge in [-0.05, 0) is 42.5 Å². The fraction of sp³-hybridized carbons (Fsp3) is 0.318. The first-order valence-corrected chi connectivity index (χ1v) is 10.8. The quantitative estimate of drug-likeness (QED) is 0.422. The molecule has 1 saturated carbocycles. The average molecular weight is 398 g/mol. The van der Waals surface area contributed by atoms with Gasteiger partial charge in [-0.3, -0.25) is 4.79 Å². The molecule has 0 N–H and O–H groups in total. The predicted octanol–water partition coefficient (Wildman–Crippen LogP) is 3.65. The lowest BCUT2D eigenvalue weighted by Crippen LogP contribution is -2.31. The molecule has 5 nitrogen and oxygen atoms in total. The third-order valence-corrected chi connectivity index (χ3v) is 6.69. The Morgan fingerprint density at radius 1 is 1.07 bits per heavy atom. The molecule has 2 atom stereocenters. The fourth-order valence-corrected chi connectivity index (χ4v) is 5.31. The van der Waals surface area contributed by atoms with Crippen LogP contribution >= 0.6 is 0 Å². The average Bonchev–Trinajstić information content (AvgIpc) is 3.11. The van der Waals surface area contributed by atoms with Crippen LogP contribution in [0.4, 0.5) is 0 Å². The van der Waals surface area contributed by atoms with Crippen LogP contribution in [-0.4, -0.2) is 21.0 Å². The lowest BCUT2D eigenvalue weighted by atomic mass is 9.75. The maximum Gasteiger partial charge on any atom is 0.313 e. The zero-order valence-corrected chi connectivity index (χ0v) is 16.3. The molecule has 0 spiro atoms. The number of carbonyl (C=O) groups is 1. The van der Waals surface area contributed by atoms with Crippen molar-refractivity contribution in [2.45, 2.75) is 25.0 Å². The molecule has 1 saturated heterocycles. The second kappa shape index (κ2) is 7.09. The molecule has 6 heteroatoms. The van der Waals surface area contributed by atoms with Gasteiger partial charge in [0.05, 0.1) is 12.0 Å². The van der Waals surface area contributed by atoms with Crippen LogP contribution in [0, 0.1) is 11.3 Å². The third kappa shape index (κ3) is 3.69. The van der Waals surface area contributed by atoms with Crippen LogP contribution in [0.25, 0.3) is 0 Å². The van der Waals surface area contributed by atoms with Crippen LogP contribution in [-0.2, 0) is 31.8 Å². The summed E-state index contributed by atoms with van der Waals surface area (Å²) in [5.41, 5.74) is 2.18. The lowest BCUT2D eigenvalue weighted by molar-refractivity contribution is -0.146. The Kier molecular flexibility index (Phi) is 4.75. The Morgan fingerprint density at radius 3 is 2.50 bits per heavy atom. The van der Waals surface area contributed by atoms with Crippen molar-refractivity contribution in [1.82, 2.24) is 0 Å². The van der Waals surface area contributed by atoms with Crippen molar-refractivity contribution in [1.29, 1.82) is 0 Å². The van der Waals surface area contributed by atoms with E-state index in [-0.39, 0.29) is 23.4 Å². The topological polar surface area (TPSA) is 69.7 Å². The monoisotopic (exact) mass is 398 g/mol. The van der Waals surface area contributed by atoms with Gasteiger partial charge in [-0.25, -0.2) is 0 Å². The second-order valence-electron chi connectivity index (χ2n) is 7.67. The summed E-state index contributed by atoms with van der Waals surface area (Å²) in [7, 11) is -3.74. The maximum absolute atomic E-state index is 12.4. The highest BCUT2D eigenvalue weighted by atomic mass is 32.2. The molecule has 0 bridgehead atoms. The number of allylic oxidation sites excluding steroid dienone is 1. The van der Waals surface area contributed by atoms with E-state index in [9.17, 15) is 13.2 Å². The first-order chi connectivity index (χ1) is 13.4. The van der Waals surface area contributed by atoms with Crippen molar-refractivity contribution in [2.75, 3.05) is 6.61 Å². The number of esters is 1. The van der Waals surface area contributed by atoms with E-state index in [0.29, 0.717) is 25.0 Å². The Morgan fingerprint density at radius 2 is 1.79 bits per heavy atom. The van der Waals surface area contributed by atoms with Gasteiger partial charge in [-0.15, -0.1) is 0 Å². The van der Waals surface area contributed by atoms with E-state index in [4.69, 9.17) is 8.92 Å². The number of hydrogen-bond acceptors (Lipinski definition) is 5. The van der Waals surface area contributed by atoms with Crippen molar-refractivity contribution in [3.05, 3.63) is 77.9 Å². The van der Waals surface area contributed by atoms with E-state index < -0.39 is 15.5 Å². The molecule has 1 heterocycles. The van der Waals surface area contributed by atoms with Gasteiger partial charge in [-0.1, -0.05) is 54.6 Å². The largest absolute Gasteiger partial charge is 0.465 e. The predicted molar refractivity (Wildman–Crippen MR) is 105 cm³/mol. The van der Waals surface area contributed by atoms with E-state index in [1.807, 2.05) is 18.2 Å². The van der Waals surface area contributed by atoms with E-state index in [1.54, 1.807) is 36.4 Å². The van der Waals surface area contributed by atoms with Gasteiger partial charge >= 0.3 is 16.1 Å². The summed E-state index contributed by atoms with van der Waals surface area (Å²) in [4.78, 5) is 12.4. The highest BCUT2D eigenvalue weighted by Gasteiger charge is 2.55. The Labute approximate surface area is 165 Å². The maximum atomic E-state index is 12.4. The highest BCUT2D eigenvalue weighted by Crippen LogP contribution is 2.52. The third-order valence-electron chi connectivity index (χ3n) is 5.56. The van der Waals surface area contributed by atoms with Crippen molar-refractivity contribution in [3.8, 4) is 5.75 Å². The SMILES string of the molecule is C=C1CC2COC(=O)C2(Cc2ccc(OS(=O)(=O)Cc3ccccc3)cc2)C1. The first-order valence-electron chi connectivity index (χ1n) is 9.25. The molecule has 0 radical (unpaired) electrons. The number of hydrogen-bond donors (Lipinski definition) is 0. The summed E-state index contributed by atoms with van der Waals surface area (Å²) in [5, 5.41) is 0. The van der Waals surface area contributed by atoms with Crippen molar-refractivity contribution < 1.29 is 22.1 Å². The molecule has 146 valence electrons. The molecule has 4 rings (SSSR count). The Hall–Kier alpha value is -2.60. The molecule has 2 unspecified atom stereocenters. The summed E-state index contributed by atoms with van der Waals surface area (Å²) in [6.45, 7) is 4.51. The molecule has 2 aromatic carbocycles. The molecule has 2 aliphatic rings. The number of fused-ring (bicyclic) bond motifs is 1. The summed E-state index contributed by atoms with van der Waals surface area (Å²) in [6, 6.07) is 15.8. The van der Waals surface area contributed by atoms with Gasteiger partial charge in [0.25, 0.3) is 0 Å². The van der Waals surface area contributed by atoms with E-state index in [0.717, 1.165) is 17.6 Å². The van der Waals surface area contributed by atoms with Gasteiger partial charge in [0.2, 0.25) is 0 Å². The highest BCUT2D eigenvalue weighted by molar-refractivity contribution is 7.86. The zero-order valence-electron chi connectivity index (χ0n) is 15.5. The minimum absolute atomic E-state index is 0.151. The summed E-state index contributed by atoms with van der Waals surface area (Å²) in [5.74, 6) is 0.101. The summed E-state index contributed by atoms with van der Waals surface area (Å²) in [6.07, 6.45) is 2.04. The number of ether oxygens (including phenoxy) is 1. The Bertz CT molecular complexity index is 995. The summed E-state index contributed by atoms with van der Waals surface area (Å²) >= 11 is 0. The molecule has 2 fully saturated rings. The van der Waals surface area contributed by atoms with Gasteiger partial charge in [0, 0.05) is 5.92 Å². The van der Waals surface area contributed by atoms with Crippen molar-refractivity contribution >= 4 is 16.1 Å². The Balaban J connectivity index is 1.46. The molecule has 1 aliphatic carbocycles. The molecule has 28 heavy (non-hydrogen) atoms. The summed E-state index contributed by atoms with van der Waals surface area (Å²) < 4.78 is 35.1. The number of cyclic esters (lactones) is 1. The van der Waals surface area contributed by atoms with Crippen LogP contribution in [0.1, 0.15) is 24.0 Å². The van der Waals surface area contributed by atoms with Gasteiger partial charge in [0.15, 0.2) is 0 Å². The molecular formula is C22H22O5S. The van der Waals surface area contributed by atoms with E-state index in [2.05, 4.69) is 6.58 Å². The molecule has 0 amide bonds. The molecule has 0 aromatic heterocycles. The van der Waals surface area contributed by atoms with Crippen LogP contribution in [0.15, 0.2) is 66.7 Å². The number of rotatable bonds is 6. The molecule has 2 aromatic rings. The zero-order chi connectivity index (χ0) is 19.8. The standard InChI is InChI=1S/C22H22O5S/c1-16-11-19-14-26-21(23)22(19,12-16)13-17-7-9-20(10-8-17)27-28(24,25)15-18-5-3-2-4-6-18/h2-10,19H,1,11-15H2. The van der Waals surface area contributed by atoms with Crippen LogP contribution in [0.5, 0.6) is 5.75 Å². The minimum atomic E-state index is -3.74. The normalized spacial score (nSPS) is 24.1. The fourth-order valence-electron chi connectivity index (χ4n) is 4.24. The van der Waals surface area contributed by atoms with Gasteiger partial charge in [0.1, 0.15) is 11.5 Å². The molecule has 1 aliphatic heterocycles. The van der Waals surface area contributed by atoms with Crippen LogP contribution in [0.2, 0.25) is 0 Å². The van der Waals surface area contributed by atoms with Crippen molar-refractivity contribution in [3.63, 3.8) is 0 Å². The van der Waals surface area contributed by atoms with Gasteiger partial charge in [-0.2, -0.15) is 8.42 Å². The van der Waals surface area contributed by atoms with E-state index >= 15 is 0 Å². The first kappa shape index (κ1) is 18.7. The van der Waals surface area contributed by atoms with Crippen LogP contribution < -0.4 is 4.18 Å². The van der Waals surface area contributed by atoms with Crippen LogP contribution in [0.3, 0.4) is 0 Å². The minimum Gasteiger partial charge on any atom is -0.465 e. The van der Waals surface area contributed by atoms with Gasteiger partial charge < -0.3 is 8.92 Å². The van der Waals surface area contributed by atoms with E-state index in [1.165, 1.54) is 0 Å². The number of carbonyl (C=O) groups excluding carboxylic acids is 1. The van der Waals surface area contributed by atoms with Crippen molar-refractivity contribution in [2.24, 2.45) is 11.3 Å².